The van der Waals surface area contributed by atoms with Gasteiger partial charge in [-0.25, -0.2) is 9.97 Å². The van der Waals surface area contributed by atoms with Gasteiger partial charge in [0.2, 0.25) is 0 Å². The van der Waals surface area contributed by atoms with E-state index in [1.165, 1.54) is 48.0 Å². The summed E-state index contributed by atoms with van der Waals surface area (Å²) in [7, 11) is 0. The van der Waals surface area contributed by atoms with E-state index in [1.54, 1.807) is 17.5 Å². The van der Waals surface area contributed by atoms with Gasteiger partial charge < -0.3 is 5.32 Å². The number of hydrogen-bond donors (Lipinski definition) is 1. The maximum atomic E-state index is 13.3. The first-order chi connectivity index (χ1) is 13.8. The average molecular weight is 416 g/mol. The van der Waals surface area contributed by atoms with Crippen molar-refractivity contribution in [3.05, 3.63) is 75.9 Å². The predicted octanol–water partition coefficient (Wildman–Crippen LogP) is 6.03. The van der Waals surface area contributed by atoms with Crippen LogP contribution in [0.25, 0.3) is 21.3 Å². The fourth-order valence-corrected chi connectivity index (χ4v) is 3.85. The molecule has 0 aliphatic heterocycles. The van der Waals surface area contributed by atoms with Gasteiger partial charge in [-0.05, 0) is 17.7 Å². The van der Waals surface area contributed by atoms with Crippen LogP contribution in [0.15, 0.2) is 60.2 Å². The number of alkyl halides is 3. The number of nitro benzene ring substituents is 1. The molecule has 0 unspecified atom stereocenters. The highest BCUT2D eigenvalue weighted by Crippen LogP contribution is 2.40. The summed E-state index contributed by atoms with van der Waals surface area (Å²) < 4.78 is 40.0. The Balaban J connectivity index is 1.85. The maximum Gasteiger partial charge on any atom is 0.418 e. The Morgan fingerprint density at radius 2 is 1.86 bits per heavy atom. The zero-order valence-corrected chi connectivity index (χ0v) is 15.3. The number of hydrogen-bond acceptors (Lipinski definition) is 6. The number of para-hydroxylation sites is 1. The van der Waals surface area contributed by atoms with Gasteiger partial charge in [-0.3, -0.25) is 10.1 Å². The van der Waals surface area contributed by atoms with Gasteiger partial charge in [-0.2, -0.15) is 13.2 Å². The van der Waals surface area contributed by atoms with Crippen LogP contribution in [0.2, 0.25) is 0 Å². The average Bonchev–Trinajstić information content (AvgIpc) is 3.13. The zero-order valence-electron chi connectivity index (χ0n) is 14.5. The first-order valence-electron chi connectivity index (χ1n) is 8.25. The van der Waals surface area contributed by atoms with Crippen molar-refractivity contribution < 1.29 is 18.1 Å². The summed E-state index contributed by atoms with van der Waals surface area (Å²) in [5.74, 6) is 0.189. The number of nitrogens with zero attached hydrogens (tertiary/aromatic N) is 3. The van der Waals surface area contributed by atoms with Gasteiger partial charge in [0, 0.05) is 23.1 Å². The molecule has 0 aliphatic carbocycles. The van der Waals surface area contributed by atoms with E-state index < -0.39 is 16.7 Å². The Morgan fingerprint density at radius 1 is 1.07 bits per heavy atom. The fourth-order valence-electron chi connectivity index (χ4n) is 2.94. The molecule has 0 amide bonds. The van der Waals surface area contributed by atoms with Crippen LogP contribution in [0.5, 0.6) is 0 Å². The van der Waals surface area contributed by atoms with Gasteiger partial charge in [0.1, 0.15) is 17.0 Å². The van der Waals surface area contributed by atoms with Crippen LogP contribution in [-0.2, 0) is 6.18 Å². The van der Waals surface area contributed by atoms with E-state index in [9.17, 15) is 23.3 Å². The van der Waals surface area contributed by atoms with Crippen LogP contribution in [0.4, 0.5) is 30.4 Å². The normalized spacial score (nSPS) is 11.6. The molecule has 0 radical (unpaired) electrons. The Hall–Kier alpha value is -3.53. The lowest BCUT2D eigenvalue weighted by atomic mass is 10.1. The van der Waals surface area contributed by atoms with Crippen molar-refractivity contribution >= 4 is 38.7 Å². The minimum Gasteiger partial charge on any atom is -0.339 e. The van der Waals surface area contributed by atoms with E-state index >= 15 is 0 Å². The molecule has 1 N–H and O–H groups in total. The van der Waals surface area contributed by atoms with Crippen molar-refractivity contribution in [1.29, 1.82) is 0 Å². The Morgan fingerprint density at radius 3 is 2.62 bits per heavy atom. The van der Waals surface area contributed by atoms with E-state index in [0.29, 0.717) is 21.3 Å². The molecular formula is C19H11F3N4O2S. The number of nitro groups is 1. The number of fused-ring (bicyclic) bond motifs is 1. The van der Waals surface area contributed by atoms with E-state index in [1.807, 2.05) is 0 Å². The van der Waals surface area contributed by atoms with Gasteiger partial charge in [-0.15, -0.1) is 11.3 Å². The highest BCUT2D eigenvalue weighted by Gasteiger charge is 2.33. The lowest BCUT2D eigenvalue weighted by Gasteiger charge is -2.14. The third-order valence-electron chi connectivity index (χ3n) is 4.22. The predicted molar refractivity (Wildman–Crippen MR) is 104 cm³/mol. The third kappa shape index (κ3) is 3.61. The van der Waals surface area contributed by atoms with Crippen LogP contribution in [0.1, 0.15) is 5.56 Å². The SMILES string of the molecule is O=[N+]([O-])c1cccc(-c2csc3ncnc(Nc4ccccc4C(F)(F)F)c23)c1. The minimum atomic E-state index is -4.53. The number of non-ortho nitro benzene ring substituents is 1. The lowest BCUT2D eigenvalue weighted by molar-refractivity contribution is -0.384. The molecule has 2 aromatic heterocycles. The summed E-state index contributed by atoms with van der Waals surface area (Å²) >= 11 is 1.27. The second-order valence-corrected chi connectivity index (χ2v) is 6.89. The summed E-state index contributed by atoms with van der Waals surface area (Å²) in [5, 5.41) is 16.1. The number of anilines is 2. The molecular weight excluding hydrogens is 405 g/mol. The third-order valence-corrected chi connectivity index (χ3v) is 5.11. The molecule has 6 nitrogen and oxygen atoms in total. The molecule has 2 heterocycles. The number of nitrogens with one attached hydrogen (secondary N) is 1. The number of rotatable bonds is 4. The van der Waals surface area contributed by atoms with Crippen molar-refractivity contribution in [3.63, 3.8) is 0 Å². The quantitative estimate of drug-likeness (QED) is 0.325. The Bertz CT molecular complexity index is 1220. The monoisotopic (exact) mass is 416 g/mol. The Kier molecular flexibility index (Phi) is 4.63. The highest BCUT2D eigenvalue weighted by molar-refractivity contribution is 7.17. The number of benzene rings is 2. The minimum absolute atomic E-state index is 0.0874. The largest absolute Gasteiger partial charge is 0.418 e. The molecule has 4 rings (SSSR count). The summed E-state index contributed by atoms with van der Waals surface area (Å²) in [5.41, 5.74) is 0.0967. The van der Waals surface area contributed by atoms with Crippen LogP contribution >= 0.6 is 11.3 Å². The van der Waals surface area contributed by atoms with Crippen LogP contribution < -0.4 is 5.32 Å². The summed E-state index contributed by atoms with van der Waals surface area (Å²) in [6, 6.07) is 11.1. The van der Waals surface area contributed by atoms with Crippen molar-refractivity contribution in [2.24, 2.45) is 0 Å². The lowest BCUT2D eigenvalue weighted by Crippen LogP contribution is -2.09. The van der Waals surface area contributed by atoms with Crippen molar-refractivity contribution in [1.82, 2.24) is 9.97 Å². The van der Waals surface area contributed by atoms with E-state index in [4.69, 9.17) is 0 Å². The maximum absolute atomic E-state index is 13.3. The molecule has 0 saturated heterocycles. The fraction of sp³-hybridized carbons (Fsp3) is 0.0526. The molecule has 4 aromatic rings. The molecule has 0 fully saturated rings. The van der Waals surface area contributed by atoms with Crippen LogP contribution in [-0.4, -0.2) is 14.9 Å². The molecule has 0 aliphatic rings. The highest BCUT2D eigenvalue weighted by atomic mass is 32.1. The van der Waals surface area contributed by atoms with Crippen molar-refractivity contribution in [2.75, 3.05) is 5.32 Å². The zero-order chi connectivity index (χ0) is 20.6. The van der Waals surface area contributed by atoms with Crippen LogP contribution in [0.3, 0.4) is 0 Å². The molecule has 146 valence electrons. The number of halogens is 3. The summed E-state index contributed by atoms with van der Waals surface area (Å²) in [4.78, 5) is 19.4. The summed E-state index contributed by atoms with van der Waals surface area (Å²) in [6.07, 6.45) is -3.28. The van der Waals surface area contributed by atoms with Crippen LogP contribution in [0, 0.1) is 10.1 Å². The number of thiophene rings is 1. The molecule has 0 spiro atoms. The first kappa shape index (κ1) is 18.8. The molecule has 0 atom stereocenters. The number of aromatic nitrogens is 2. The second kappa shape index (κ2) is 7.13. The van der Waals surface area contributed by atoms with Crippen molar-refractivity contribution in [2.45, 2.75) is 6.18 Å². The van der Waals surface area contributed by atoms with Gasteiger partial charge in [0.05, 0.1) is 21.6 Å². The first-order valence-corrected chi connectivity index (χ1v) is 9.13. The van der Waals surface area contributed by atoms with Crippen molar-refractivity contribution in [3.8, 4) is 11.1 Å². The molecule has 29 heavy (non-hydrogen) atoms. The van der Waals surface area contributed by atoms with E-state index in [2.05, 4.69) is 15.3 Å². The van der Waals surface area contributed by atoms with Gasteiger partial charge in [0.25, 0.3) is 5.69 Å². The second-order valence-electron chi connectivity index (χ2n) is 6.03. The summed E-state index contributed by atoms with van der Waals surface area (Å²) in [6.45, 7) is 0. The topological polar surface area (TPSA) is 81.0 Å². The van der Waals surface area contributed by atoms with Gasteiger partial charge in [0.15, 0.2) is 0 Å². The molecule has 2 aromatic carbocycles. The van der Waals surface area contributed by atoms with Gasteiger partial charge >= 0.3 is 6.18 Å². The molecule has 0 bridgehead atoms. The standard InChI is InChI=1S/C19H11F3N4O2S/c20-19(21,22)14-6-1-2-7-15(14)25-17-16-13(9-29-18(16)24-10-23-17)11-4-3-5-12(8-11)26(27)28/h1-10H,(H,23,24,25). The molecule has 0 saturated carbocycles. The molecule has 10 heteroatoms. The smallest absolute Gasteiger partial charge is 0.339 e. The van der Waals surface area contributed by atoms with E-state index in [-0.39, 0.29) is 17.2 Å². The van der Waals surface area contributed by atoms with Gasteiger partial charge in [-0.1, -0.05) is 24.3 Å². The van der Waals surface area contributed by atoms with E-state index in [0.717, 1.165) is 6.07 Å². The Labute approximate surface area is 165 Å².